The molecular weight excluding hydrogens is 470 g/mol. The minimum absolute atomic E-state index is 0.0413. The summed E-state index contributed by atoms with van der Waals surface area (Å²) >= 11 is 1.73. The van der Waals surface area contributed by atoms with Crippen molar-refractivity contribution in [3.05, 3.63) is 52.3 Å². The molecule has 1 aliphatic heterocycles. The first-order valence-electron chi connectivity index (χ1n) is 11.7. The molecule has 8 nitrogen and oxygen atoms in total. The van der Waals surface area contributed by atoms with Crippen molar-refractivity contribution in [2.45, 2.75) is 46.0 Å². The van der Waals surface area contributed by atoms with Crippen LogP contribution in [-0.4, -0.2) is 47.6 Å². The summed E-state index contributed by atoms with van der Waals surface area (Å²) in [6, 6.07) is 2.16. The van der Waals surface area contributed by atoms with E-state index in [-0.39, 0.29) is 23.9 Å². The van der Waals surface area contributed by atoms with Crippen LogP contribution in [0.5, 0.6) is 0 Å². The highest BCUT2D eigenvalue weighted by Gasteiger charge is 2.20. The number of rotatable bonds is 7. The Morgan fingerprint density at radius 2 is 2.00 bits per heavy atom. The van der Waals surface area contributed by atoms with E-state index < -0.39 is 5.83 Å². The van der Waals surface area contributed by atoms with E-state index in [0.29, 0.717) is 18.8 Å². The molecule has 7 N–H and O–H groups in total. The smallest absolute Gasteiger partial charge is 0.192 e. The standard InChI is InChI=1S/C21H29FN8S.C2H6.CH3F/c1-2-3-4-16(22)7-10-30(25)21(29-24)19-20(23)27-12-17(28-19)15-11-18(31-13-15)14-5-8-26-9-6-14;2*1-2/h3-4,7,11-14,26H,2,5-6,8-10,24-25H2,1H3,(H2,23,27);1-2H3;1H3/b4-3-,16-7+,29-21-;;. The van der Waals surface area contributed by atoms with Crippen molar-refractivity contribution in [3.63, 3.8) is 0 Å². The van der Waals surface area contributed by atoms with Gasteiger partial charge in [0.15, 0.2) is 17.3 Å². The zero-order valence-corrected chi connectivity index (χ0v) is 21.8. The Balaban J connectivity index is 0.00000145. The van der Waals surface area contributed by atoms with Crippen LogP contribution in [-0.2, 0) is 0 Å². The summed E-state index contributed by atoms with van der Waals surface area (Å²) in [6.07, 6.45) is 9.05. The van der Waals surface area contributed by atoms with Gasteiger partial charge in [0.2, 0.25) is 0 Å². The van der Waals surface area contributed by atoms with Crippen LogP contribution in [0.25, 0.3) is 11.3 Å². The number of nitrogens with two attached hydrogens (primary N) is 3. The number of amidine groups is 1. The van der Waals surface area contributed by atoms with Gasteiger partial charge in [0.1, 0.15) is 5.83 Å². The fourth-order valence-corrected chi connectivity index (χ4v) is 4.43. The Labute approximate surface area is 211 Å². The highest BCUT2D eigenvalue weighted by atomic mass is 32.1. The minimum atomic E-state index is -0.398. The lowest BCUT2D eigenvalue weighted by Gasteiger charge is -2.21. The lowest BCUT2D eigenvalue weighted by molar-refractivity contribution is 0.465. The molecule has 0 aromatic carbocycles. The molecule has 11 heteroatoms. The first kappa shape index (κ1) is 30.1. The van der Waals surface area contributed by atoms with Gasteiger partial charge in [-0.1, -0.05) is 26.8 Å². The van der Waals surface area contributed by atoms with Crippen molar-refractivity contribution < 1.29 is 8.78 Å². The molecule has 35 heavy (non-hydrogen) atoms. The zero-order valence-electron chi connectivity index (χ0n) is 21.0. The van der Waals surface area contributed by atoms with Crippen LogP contribution in [0.2, 0.25) is 0 Å². The van der Waals surface area contributed by atoms with Gasteiger partial charge in [-0.15, -0.1) is 11.3 Å². The molecule has 1 aliphatic rings. The summed E-state index contributed by atoms with van der Waals surface area (Å²) in [4.78, 5) is 10.2. The maximum atomic E-state index is 13.8. The van der Waals surface area contributed by atoms with Crippen LogP contribution in [0, 0.1) is 0 Å². The van der Waals surface area contributed by atoms with Crippen LogP contribution in [0.3, 0.4) is 0 Å². The summed E-state index contributed by atoms with van der Waals surface area (Å²) in [5.74, 6) is 12.1. The van der Waals surface area contributed by atoms with Crippen molar-refractivity contribution in [1.82, 2.24) is 20.3 Å². The van der Waals surface area contributed by atoms with Gasteiger partial charge in [-0.2, -0.15) is 5.10 Å². The number of anilines is 1. The highest BCUT2D eigenvalue weighted by molar-refractivity contribution is 7.10. The van der Waals surface area contributed by atoms with E-state index in [4.69, 9.17) is 17.4 Å². The summed E-state index contributed by atoms with van der Waals surface area (Å²) < 4.78 is 23.3. The van der Waals surface area contributed by atoms with Crippen molar-refractivity contribution in [2.75, 3.05) is 32.5 Å². The molecule has 0 spiro atoms. The molecule has 0 atom stereocenters. The number of nitrogens with one attached hydrogen (secondary N) is 1. The average molecular weight is 509 g/mol. The normalized spacial score (nSPS) is 14.7. The van der Waals surface area contributed by atoms with Crippen LogP contribution in [0.1, 0.15) is 56.5 Å². The van der Waals surface area contributed by atoms with E-state index in [2.05, 4.69) is 31.8 Å². The maximum Gasteiger partial charge on any atom is 0.192 e. The second-order valence-corrected chi connectivity index (χ2v) is 8.20. The molecule has 3 heterocycles. The van der Waals surface area contributed by atoms with E-state index >= 15 is 0 Å². The fraction of sp³-hybridized carbons (Fsp3) is 0.458. The predicted molar refractivity (Wildman–Crippen MR) is 143 cm³/mol. The molecule has 0 unspecified atom stereocenters. The van der Waals surface area contributed by atoms with E-state index in [1.54, 1.807) is 23.6 Å². The number of hydrazine groups is 1. The average Bonchev–Trinajstić information content (AvgIpc) is 3.41. The van der Waals surface area contributed by atoms with Crippen LogP contribution >= 0.6 is 11.3 Å². The number of thiophene rings is 1. The van der Waals surface area contributed by atoms with Gasteiger partial charge in [0, 0.05) is 15.8 Å². The summed E-state index contributed by atoms with van der Waals surface area (Å²) in [7, 11) is 0.500. The van der Waals surface area contributed by atoms with Crippen LogP contribution < -0.4 is 22.7 Å². The summed E-state index contributed by atoms with van der Waals surface area (Å²) in [5, 5.41) is 10.4. The maximum absolute atomic E-state index is 13.8. The second kappa shape index (κ2) is 16.7. The van der Waals surface area contributed by atoms with Crippen molar-refractivity contribution in [2.24, 2.45) is 16.8 Å². The Morgan fingerprint density at radius 1 is 1.31 bits per heavy atom. The van der Waals surface area contributed by atoms with Gasteiger partial charge in [0.05, 0.1) is 25.6 Å². The second-order valence-electron chi connectivity index (χ2n) is 7.26. The number of nitrogen functional groups attached to an aromatic ring is 1. The lowest BCUT2D eigenvalue weighted by atomic mass is 9.96. The first-order chi connectivity index (χ1) is 17.0. The highest BCUT2D eigenvalue weighted by Crippen LogP contribution is 2.34. The Hall–Kier alpha value is -2.89. The van der Waals surface area contributed by atoms with Crippen molar-refractivity contribution >= 4 is 23.0 Å². The SMILES string of the molecule is CC.CC/C=C\C(F)=C/CN(N)/C(=N\N)c1nc(-c2csc(C3CCNCC3)c2)cnc1N.CF. The molecular formula is C24H38F2N8S. The third-order valence-corrected chi connectivity index (χ3v) is 6.15. The van der Waals surface area contributed by atoms with Gasteiger partial charge in [-0.05, 0) is 56.5 Å². The van der Waals surface area contributed by atoms with Gasteiger partial charge < -0.3 is 16.9 Å². The zero-order chi connectivity index (χ0) is 26.2. The predicted octanol–water partition coefficient (Wildman–Crippen LogP) is 4.48. The van der Waals surface area contributed by atoms with Crippen LogP contribution in [0.4, 0.5) is 14.6 Å². The Morgan fingerprint density at radius 3 is 2.63 bits per heavy atom. The van der Waals surface area contributed by atoms with E-state index in [1.807, 2.05) is 20.8 Å². The summed E-state index contributed by atoms with van der Waals surface area (Å²) in [5.41, 5.74) is 7.90. The van der Waals surface area contributed by atoms with E-state index in [9.17, 15) is 8.78 Å². The molecule has 1 saturated heterocycles. The number of nitrogens with zero attached hydrogens (tertiary/aromatic N) is 4. The van der Waals surface area contributed by atoms with E-state index in [1.165, 1.54) is 22.0 Å². The molecule has 0 aliphatic carbocycles. The molecule has 0 radical (unpaired) electrons. The Bertz CT molecular complexity index is 968. The van der Waals surface area contributed by atoms with Crippen molar-refractivity contribution in [3.8, 4) is 11.3 Å². The largest absolute Gasteiger partial charge is 0.382 e. The number of aromatic nitrogens is 2. The monoisotopic (exact) mass is 508 g/mol. The molecule has 2 aromatic rings. The van der Waals surface area contributed by atoms with Crippen LogP contribution in [0.15, 0.2) is 46.8 Å². The molecule has 0 amide bonds. The topological polar surface area (TPSA) is 131 Å². The quantitative estimate of drug-likeness (QED) is 0.143. The molecule has 2 aromatic heterocycles. The molecule has 1 fully saturated rings. The molecule has 194 valence electrons. The first-order valence-corrected chi connectivity index (χ1v) is 12.5. The van der Waals surface area contributed by atoms with Gasteiger partial charge in [-0.25, -0.2) is 20.2 Å². The molecule has 3 rings (SSSR count). The number of hydrogen-bond acceptors (Lipinski definition) is 8. The van der Waals surface area contributed by atoms with E-state index in [0.717, 1.165) is 37.9 Å². The number of alkyl halides is 1. The number of allylic oxidation sites excluding steroid dienone is 3. The fourth-order valence-electron chi connectivity index (χ4n) is 3.35. The third kappa shape index (κ3) is 9.00. The number of hydrazone groups is 1. The van der Waals surface area contributed by atoms with Gasteiger partial charge in [-0.3, -0.25) is 9.40 Å². The number of halogens is 2. The van der Waals surface area contributed by atoms with Gasteiger partial charge >= 0.3 is 0 Å². The lowest BCUT2D eigenvalue weighted by Crippen LogP contribution is -2.40. The van der Waals surface area contributed by atoms with Crippen molar-refractivity contribution in [1.29, 1.82) is 0 Å². The molecule has 0 saturated carbocycles. The number of piperidine rings is 1. The van der Waals surface area contributed by atoms with Gasteiger partial charge in [0.25, 0.3) is 0 Å². The third-order valence-electron chi connectivity index (χ3n) is 5.06. The Kier molecular flexibility index (Phi) is 14.4. The minimum Gasteiger partial charge on any atom is -0.382 e. The molecule has 0 bridgehead atoms. The number of hydrogen-bond donors (Lipinski definition) is 4. The summed E-state index contributed by atoms with van der Waals surface area (Å²) in [6.45, 7) is 8.04.